The minimum atomic E-state index is -0.579. The van der Waals surface area contributed by atoms with Gasteiger partial charge in [0.25, 0.3) is 5.91 Å². The predicted molar refractivity (Wildman–Crippen MR) is 107 cm³/mol. The Morgan fingerprint density at radius 3 is 2.29 bits per heavy atom. The molecule has 0 saturated carbocycles. The number of piperazine rings is 1. The van der Waals surface area contributed by atoms with Gasteiger partial charge in [0.05, 0.1) is 13.4 Å². The number of hydrogen-bond acceptors (Lipinski definition) is 5. The molecule has 28 heavy (non-hydrogen) atoms. The van der Waals surface area contributed by atoms with Crippen LogP contribution in [0.25, 0.3) is 0 Å². The van der Waals surface area contributed by atoms with Crippen LogP contribution in [0, 0.1) is 5.92 Å². The zero-order valence-corrected chi connectivity index (χ0v) is 16.6. The average Bonchev–Trinajstić information content (AvgIpc) is 3.26. The highest BCUT2D eigenvalue weighted by Gasteiger charge is 2.31. The van der Waals surface area contributed by atoms with Crippen molar-refractivity contribution in [2.45, 2.75) is 19.9 Å². The summed E-state index contributed by atoms with van der Waals surface area (Å²) >= 11 is 0. The number of amides is 2. The van der Waals surface area contributed by atoms with Gasteiger partial charge in [0.1, 0.15) is 11.8 Å². The van der Waals surface area contributed by atoms with Crippen LogP contribution in [-0.2, 0) is 4.79 Å². The van der Waals surface area contributed by atoms with Gasteiger partial charge in [0, 0.05) is 31.9 Å². The molecule has 1 atom stereocenters. The number of hydrogen-bond donors (Lipinski definition) is 1. The average molecular weight is 385 g/mol. The summed E-state index contributed by atoms with van der Waals surface area (Å²) in [6.07, 6.45) is 1.44. The molecule has 3 rings (SSSR count). The summed E-state index contributed by atoms with van der Waals surface area (Å²) in [5.41, 5.74) is 1.11. The van der Waals surface area contributed by atoms with Crippen molar-refractivity contribution in [1.29, 1.82) is 0 Å². The molecule has 150 valence electrons. The van der Waals surface area contributed by atoms with Crippen molar-refractivity contribution in [2.75, 3.05) is 38.2 Å². The smallest absolute Gasteiger partial charge is 0.287 e. The Bertz CT molecular complexity index is 778. The normalized spacial score (nSPS) is 15.4. The van der Waals surface area contributed by atoms with Crippen LogP contribution in [0.2, 0.25) is 0 Å². The Hall–Kier alpha value is -2.96. The lowest BCUT2D eigenvalue weighted by Gasteiger charge is -2.38. The maximum Gasteiger partial charge on any atom is 0.287 e. The topological polar surface area (TPSA) is 75.0 Å². The molecule has 0 aliphatic carbocycles. The molecule has 0 radical (unpaired) electrons. The first kappa shape index (κ1) is 19.8. The first-order valence-corrected chi connectivity index (χ1v) is 9.51. The van der Waals surface area contributed by atoms with Gasteiger partial charge in [0.2, 0.25) is 5.91 Å². The van der Waals surface area contributed by atoms with Crippen molar-refractivity contribution in [3.63, 3.8) is 0 Å². The van der Waals surface area contributed by atoms with Gasteiger partial charge in [-0.15, -0.1) is 0 Å². The number of benzene rings is 1. The third-order valence-electron chi connectivity index (χ3n) is 4.99. The molecule has 1 aromatic carbocycles. The Labute approximate surface area is 165 Å². The molecule has 1 fully saturated rings. The molecule has 1 saturated heterocycles. The van der Waals surface area contributed by atoms with Crippen molar-refractivity contribution in [3.05, 3.63) is 48.4 Å². The molecule has 0 bridgehead atoms. The summed E-state index contributed by atoms with van der Waals surface area (Å²) in [7, 11) is 1.65. The summed E-state index contributed by atoms with van der Waals surface area (Å²) in [6.45, 7) is 6.58. The summed E-state index contributed by atoms with van der Waals surface area (Å²) in [6, 6.07) is 10.6. The van der Waals surface area contributed by atoms with Crippen LogP contribution >= 0.6 is 0 Å². The Morgan fingerprint density at radius 1 is 1.07 bits per heavy atom. The zero-order valence-electron chi connectivity index (χ0n) is 16.6. The molecule has 1 aliphatic rings. The van der Waals surface area contributed by atoms with E-state index in [4.69, 9.17) is 9.15 Å². The van der Waals surface area contributed by atoms with Gasteiger partial charge < -0.3 is 24.3 Å². The lowest BCUT2D eigenvalue weighted by molar-refractivity contribution is -0.134. The van der Waals surface area contributed by atoms with Crippen LogP contribution in [-0.4, -0.2) is 56.0 Å². The number of carbonyl (C=O) groups excluding carboxylic acids is 2. The quantitative estimate of drug-likeness (QED) is 0.826. The summed E-state index contributed by atoms with van der Waals surface area (Å²) in [5.74, 6) is 0.594. The van der Waals surface area contributed by atoms with Gasteiger partial charge in [-0.2, -0.15) is 0 Å². The number of nitrogens with zero attached hydrogens (tertiary/aromatic N) is 2. The Kier molecular flexibility index (Phi) is 6.23. The van der Waals surface area contributed by atoms with Crippen LogP contribution in [0.3, 0.4) is 0 Å². The third-order valence-corrected chi connectivity index (χ3v) is 4.99. The molecule has 1 unspecified atom stereocenters. The fourth-order valence-corrected chi connectivity index (χ4v) is 3.31. The second kappa shape index (κ2) is 8.82. The van der Waals surface area contributed by atoms with Gasteiger partial charge in [-0.1, -0.05) is 13.8 Å². The first-order chi connectivity index (χ1) is 13.5. The Balaban J connectivity index is 1.59. The lowest BCUT2D eigenvalue weighted by atomic mass is 10.0. The van der Waals surface area contributed by atoms with E-state index in [9.17, 15) is 9.59 Å². The van der Waals surface area contributed by atoms with Crippen molar-refractivity contribution >= 4 is 17.5 Å². The highest BCUT2D eigenvalue weighted by atomic mass is 16.5. The van der Waals surface area contributed by atoms with Crippen LogP contribution in [0.1, 0.15) is 24.4 Å². The molecule has 1 aromatic heterocycles. The molecular weight excluding hydrogens is 358 g/mol. The standard InChI is InChI=1S/C21H27N3O4/c1-15(2)19(22-20(25)18-5-4-14-28-18)21(26)24-12-10-23(11-13-24)16-6-8-17(27-3)9-7-16/h4-9,14-15,19H,10-13H2,1-3H3,(H,22,25). The van der Waals surface area contributed by atoms with E-state index < -0.39 is 6.04 Å². The SMILES string of the molecule is COc1ccc(N2CCN(C(=O)C(NC(=O)c3ccco3)C(C)C)CC2)cc1. The van der Waals surface area contributed by atoms with E-state index in [1.54, 1.807) is 19.2 Å². The second-order valence-corrected chi connectivity index (χ2v) is 7.18. The molecule has 2 heterocycles. The minimum absolute atomic E-state index is 0.0222. The molecule has 0 spiro atoms. The van der Waals surface area contributed by atoms with Gasteiger partial charge in [0.15, 0.2) is 5.76 Å². The van der Waals surface area contributed by atoms with Crippen LogP contribution in [0.15, 0.2) is 47.1 Å². The summed E-state index contributed by atoms with van der Waals surface area (Å²) in [4.78, 5) is 29.4. The Morgan fingerprint density at radius 2 is 1.75 bits per heavy atom. The largest absolute Gasteiger partial charge is 0.497 e. The predicted octanol–water partition coefficient (Wildman–Crippen LogP) is 2.39. The maximum atomic E-state index is 13.0. The van der Waals surface area contributed by atoms with Crippen molar-refractivity contribution in [3.8, 4) is 5.75 Å². The van der Waals surface area contributed by atoms with Crippen LogP contribution in [0.4, 0.5) is 5.69 Å². The number of ether oxygens (including phenoxy) is 1. The van der Waals surface area contributed by atoms with E-state index in [1.165, 1.54) is 6.26 Å². The summed E-state index contributed by atoms with van der Waals surface area (Å²) in [5, 5.41) is 2.82. The van der Waals surface area contributed by atoms with E-state index in [-0.39, 0.29) is 23.5 Å². The summed E-state index contributed by atoms with van der Waals surface area (Å²) < 4.78 is 10.3. The fraction of sp³-hybridized carbons (Fsp3) is 0.429. The number of nitrogens with one attached hydrogen (secondary N) is 1. The second-order valence-electron chi connectivity index (χ2n) is 7.18. The number of anilines is 1. The van der Waals surface area contributed by atoms with Crippen LogP contribution in [0.5, 0.6) is 5.75 Å². The highest BCUT2D eigenvalue weighted by Crippen LogP contribution is 2.21. The van der Waals surface area contributed by atoms with Gasteiger partial charge >= 0.3 is 0 Å². The van der Waals surface area contributed by atoms with E-state index in [0.717, 1.165) is 24.5 Å². The number of furan rings is 1. The van der Waals surface area contributed by atoms with Gasteiger partial charge in [-0.05, 0) is 42.3 Å². The monoisotopic (exact) mass is 385 g/mol. The zero-order chi connectivity index (χ0) is 20.1. The molecule has 2 aromatic rings. The van der Waals surface area contributed by atoms with Crippen LogP contribution < -0.4 is 15.0 Å². The molecule has 1 N–H and O–H groups in total. The molecule has 1 aliphatic heterocycles. The molecule has 7 heteroatoms. The molecule has 7 nitrogen and oxygen atoms in total. The highest BCUT2D eigenvalue weighted by molar-refractivity contribution is 5.95. The molecular formula is C21H27N3O4. The fourth-order valence-electron chi connectivity index (χ4n) is 3.31. The maximum absolute atomic E-state index is 13.0. The third kappa shape index (κ3) is 4.47. The van der Waals surface area contributed by atoms with E-state index >= 15 is 0 Å². The van der Waals surface area contributed by atoms with E-state index in [0.29, 0.717) is 13.1 Å². The van der Waals surface area contributed by atoms with Gasteiger partial charge in [-0.3, -0.25) is 9.59 Å². The number of rotatable bonds is 6. The van der Waals surface area contributed by atoms with Crippen molar-refractivity contribution in [1.82, 2.24) is 10.2 Å². The number of methoxy groups -OCH3 is 1. The lowest BCUT2D eigenvalue weighted by Crippen LogP contribution is -2.56. The van der Waals surface area contributed by atoms with Crippen molar-refractivity contribution in [2.24, 2.45) is 5.92 Å². The van der Waals surface area contributed by atoms with Gasteiger partial charge in [-0.25, -0.2) is 0 Å². The van der Waals surface area contributed by atoms with Crippen molar-refractivity contribution < 1.29 is 18.7 Å². The molecule has 2 amide bonds. The number of carbonyl (C=O) groups is 2. The first-order valence-electron chi connectivity index (χ1n) is 9.51. The minimum Gasteiger partial charge on any atom is -0.497 e. The van der Waals surface area contributed by atoms with E-state index in [1.807, 2.05) is 43.0 Å². The van der Waals surface area contributed by atoms with E-state index in [2.05, 4.69) is 10.2 Å².